The van der Waals surface area contributed by atoms with Gasteiger partial charge >= 0.3 is 0 Å². The standard InChI is InChI=1S/C7H8BO2/c1-3-5-6(4-2)8-7(9)10/h3-5H,1-2H2,(H,9,10)/b6-5+. The summed E-state index contributed by atoms with van der Waals surface area (Å²) in [5.41, 5.74) is 0.544. The Balaban J connectivity index is 4.08. The minimum atomic E-state index is -0.979. The second-order valence-electron chi connectivity index (χ2n) is 1.59. The molecule has 0 unspecified atom stereocenters. The van der Waals surface area contributed by atoms with Crippen LogP contribution in [0, 0.1) is 0 Å². The van der Waals surface area contributed by atoms with Crippen LogP contribution in [-0.2, 0) is 0 Å². The first-order valence-corrected chi connectivity index (χ1v) is 2.73. The Morgan fingerprint density at radius 3 is 2.40 bits per heavy atom. The second kappa shape index (κ2) is 4.62. The highest BCUT2D eigenvalue weighted by molar-refractivity contribution is 6.77. The van der Waals surface area contributed by atoms with Crippen molar-refractivity contribution in [3.63, 3.8) is 0 Å². The summed E-state index contributed by atoms with van der Waals surface area (Å²) in [6, 6.07) is 0. The molecule has 0 spiro atoms. The van der Waals surface area contributed by atoms with Crippen LogP contribution in [0.25, 0.3) is 0 Å². The summed E-state index contributed by atoms with van der Waals surface area (Å²) in [5, 5.41) is 8.26. The zero-order valence-corrected chi connectivity index (χ0v) is 5.58. The first-order chi connectivity index (χ1) is 4.70. The second-order valence-corrected chi connectivity index (χ2v) is 1.59. The van der Waals surface area contributed by atoms with E-state index in [0.717, 1.165) is 7.28 Å². The SMILES string of the molecule is C=C/C=C(/[B]C(=O)O)C=C. The predicted molar refractivity (Wildman–Crippen MR) is 42.3 cm³/mol. The Morgan fingerprint density at radius 1 is 1.50 bits per heavy atom. The molecule has 0 aliphatic heterocycles. The molecule has 0 aliphatic carbocycles. The van der Waals surface area contributed by atoms with Gasteiger partial charge in [0.05, 0.1) is 0 Å². The van der Waals surface area contributed by atoms with Crippen LogP contribution in [0.2, 0.25) is 0 Å². The molecule has 1 radical (unpaired) electrons. The number of hydrogen-bond acceptors (Lipinski definition) is 1. The summed E-state index contributed by atoms with van der Waals surface area (Å²) in [6.45, 7) is 6.84. The van der Waals surface area contributed by atoms with Crippen molar-refractivity contribution in [2.45, 2.75) is 0 Å². The highest BCUT2D eigenvalue weighted by Crippen LogP contribution is 1.92. The van der Waals surface area contributed by atoms with E-state index in [0.29, 0.717) is 5.47 Å². The Kier molecular flexibility index (Phi) is 4.04. The third-order valence-electron chi connectivity index (χ3n) is 0.836. The van der Waals surface area contributed by atoms with Gasteiger partial charge in [-0.25, -0.2) is 0 Å². The first kappa shape index (κ1) is 8.75. The van der Waals surface area contributed by atoms with Gasteiger partial charge in [-0.1, -0.05) is 36.9 Å². The molecule has 51 valence electrons. The zero-order chi connectivity index (χ0) is 7.98. The van der Waals surface area contributed by atoms with Gasteiger partial charge in [-0.3, -0.25) is 4.79 Å². The van der Waals surface area contributed by atoms with Gasteiger partial charge in [-0.2, -0.15) is 0 Å². The normalized spacial score (nSPS) is 10.2. The Bertz CT molecular complexity index is 182. The minimum Gasteiger partial charge on any atom is -0.489 e. The van der Waals surface area contributed by atoms with Crippen molar-refractivity contribution in [2.24, 2.45) is 0 Å². The molecule has 2 nitrogen and oxygen atoms in total. The van der Waals surface area contributed by atoms with E-state index in [4.69, 9.17) is 5.11 Å². The van der Waals surface area contributed by atoms with Crippen molar-refractivity contribution in [3.05, 3.63) is 36.9 Å². The lowest BCUT2D eigenvalue weighted by atomic mass is 9.69. The van der Waals surface area contributed by atoms with Crippen LogP contribution in [0.1, 0.15) is 0 Å². The lowest BCUT2D eigenvalue weighted by Gasteiger charge is -1.90. The molecule has 0 bridgehead atoms. The molecular weight excluding hydrogens is 127 g/mol. The number of rotatable bonds is 4. The van der Waals surface area contributed by atoms with E-state index in [1.54, 1.807) is 6.08 Å². The van der Waals surface area contributed by atoms with E-state index >= 15 is 0 Å². The van der Waals surface area contributed by atoms with Crippen LogP contribution in [0.5, 0.6) is 0 Å². The van der Waals surface area contributed by atoms with Crippen molar-refractivity contribution < 1.29 is 9.90 Å². The van der Waals surface area contributed by atoms with Crippen LogP contribution in [0.4, 0.5) is 4.79 Å². The molecule has 0 aromatic heterocycles. The van der Waals surface area contributed by atoms with Gasteiger partial charge in [-0.05, 0) is 0 Å². The minimum absolute atomic E-state index is 0.544. The van der Waals surface area contributed by atoms with Crippen molar-refractivity contribution in [3.8, 4) is 0 Å². The number of allylic oxidation sites excluding steroid dienone is 4. The Morgan fingerprint density at radius 2 is 2.10 bits per heavy atom. The van der Waals surface area contributed by atoms with Crippen molar-refractivity contribution in [2.75, 3.05) is 0 Å². The van der Waals surface area contributed by atoms with E-state index in [9.17, 15) is 4.79 Å². The molecule has 0 atom stereocenters. The quantitative estimate of drug-likeness (QED) is 0.469. The summed E-state index contributed by atoms with van der Waals surface area (Å²) >= 11 is 0. The summed E-state index contributed by atoms with van der Waals surface area (Å²) in [5.74, 6) is -0.979. The molecule has 0 saturated carbocycles. The highest BCUT2D eigenvalue weighted by Gasteiger charge is 2.01. The Labute approximate surface area is 60.8 Å². The van der Waals surface area contributed by atoms with Gasteiger partial charge in [0.25, 0.3) is 7.28 Å². The maximum atomic E-state index is 10.1. The van der Waals surface area contributed by atoms with Crippen LogP contribution in [0.15, 0.2) is 36.9 Å². The molecule has 10 heavy (non-hydrogen) atoms. The topological polar surface area (TPSA) is 37.3 Å². The molecule has 0 amide bonds. The van der Waals surface area contributed by atoms with E-state index in [1.165, 1.54) is 12.2 Å². The van der Waals surface area contributed by atoms with E-state index in [1.807, 2.05) is 0 Å². The van der Waals surface area contributed by atoms with Gasteiger partial charge < -0.3 is 5.11 Å². The van der Waals surface area contributed by atoms with E-state index in [-0.39, 0.29) is 0 Å². The lowest BCUT2D eigenvalue weighted by Crippen LogP contribution is -2.06. The third-order valence-corrected chi connectivity index (χ3v) is 0.836. The van der Waals surface area contributed by atoms with Gasteiger partial charge in [0.2, 0.25) is 5.87 Å². The maximum Gasteiger partial charge on any atom is 0.299 e. The monoisotopic (exact) mass is 135 g/mol. The molecule has 3 heteroatoms. The van der Waals surface area contributed by atoms with Crippen molar-refractivity contribution in [1.82, 2.24) is 0 Å². The smallest absolute Gasteiger partial charge is 0.299 e. The third kappa shape index (κ3) is 3.72. The molecule has 0 rings (SSSR count). The van der Waals surface area contributed by atoms with Crippen molar-refractivity contribution >= 4 is 13.1 Å². The fourth-order valence-electron chi connectivity index (χ4n) is 0.454. The first-order valence-electron chi connectivity index (χ1n) is 2.73. The number of carbonyl (C=O) groups is 1. The fraction of sp³-hybridized carbons (Fsp3) is 0. The number of carboxylic acid groups (broad SMARTS) is 1. The maximum absolute atomic E-state index is 10.1. The van der Waals surface area contributed by atoms with Gasteiger partial charge in [0, 0.05) is 0 Å². The lowest BCUT2D eigenvalue weighted by molar-refractivity contribution is 0.220. The average Bonchev–Trinajstić information content (AvgIpc) is 1.86. The molecule has 0 fully saturated rings. The molecule has 0 saturated heterocycles. The fourth-order valence-corrected chi connectivity index (χ4v) is 0.454. The van der Waals surface area contributed by atoms with Crippen LogP contribution >= 0.6 is 0 Å². The van der Waals surface area contributed by atoms with E-state index in [2.05, 4.69) is 13.2 Å². The van der Waals surface area contributed by atoms with Crippen molar-refractivity contribution in [1.29, 1.82) is 0 Å². The van der Waals surface area contributed by atoms with Crippen LogP contribution in [-0.4, -0.2) is 18.3 Å². The summed E-state index contributed by atoms with van der Waals surface area (Å²) in [6.07, 6.45) is 4.54. The summed E-state index contributed by atoms with van der Waals surface area (Å²) in [4.78, 5) is 10.1. The molecule has 0 aromatic carbocycles. The summed E-state index contributed by atoms with van der Waals surface area (Å²) in [7, 11) is 1.06. The van der Waals surface area contributed by atoms with Gasteiger partial charge in [0.15, 0.2) is 0 Å². The molecule has 0 aliphatic rings. The van der Waals surface area contributed by atoms with Gasteiger partial charge in [-0.15, -0.1) is 0 Å². The average molecular weight is 135 g/mol. The molecular formula is C7H8BO2. The number of hydrogen-bond donors (Lipinski definition) is 1. The zero-order valence-electron chi connectivity index (χ0n) is 5.58. The molecule has 1 N–H and O–H groups in total. The largest absolute Gasteiger partial charge is 0.489 e. The predicted octanol–water partition coefficient (Wildman–Crippen LogP) is 1.62. The summed E-state index contributed by atoms with van der Waals surface area (Å²) < 4.78 is 0. The van der Waals surface area contributed by atoms with E-state index < -0.39 is 5.87 Å². The Hall–Kier alpha value is -1.25. The van der Waals surface area contributed by atoms with Crippen LogP contribution < -0.4 is 0 Å². The molecule has 0 aromatic rings. The molecule has 0 heterocycles. The van der Waals surface area contributed by atoms with Gasteiger partial charge in [0.1, 0.15) is 0 Å². The highest BCUT2D eigenvalue weighted by atomic mass is 16.4. The van der Waals surface area contributed by atoms with Crippen LogP contribution in [0.3, 0.4) is 0 Å².